The first-order valence-electron chi connectivity index (χ1n) is 8.55. The van der Waals surface area contributed by atoms with E-state index in [9.17, 15) is 13.2 Å². The Balaban J connectivity index is 1.65. The summed E-state index contributed by atoms with van der Waals surface area (Å²) in [4.78, 5) is 13.1. The molecule has 146 valence electrons. The van der Waals surface area contributed by atoms with Crippen molar-refractivity contribution in [2.24, 2.45) is 0 Å². The van der Waals surface area contributed by atoms with Crippen LogP contribution in [0.1, 0.15) is 28.1 Å². The molecule has 1 aromatic heterocycles. The molecule has 2 aromatic rings. The van der Waals surface area contributed by atoms with E-state index in [-0.39, 0.29) is 12.5 Å². The van der Waals surface area contributed by atoms with E-state index in [2.05, 4.69) is 5.32 Å². The quantitative estimate of drug-likeness (QED) is 0.758. The second-order valence-corrected chi connectivity index (χ2v) is 9.42. The van der Waals surface area contributed by atoms with Crippen molar-refractivity contribution in [3.8, 4) is 11.5 Å². The van der Waals surface area contributed by atoms with E-state index in [0.717, 1.165) is 17.7 Å². The van der Waals surface area contributed by atoms with Gasteiger partial charge in [-0.2, -0.15) is 4.31 Å². The van der Waals surface area contributed by atoms with Gasteiger partial charge in [0.15, 0.2) is 11.5 Å². The molecule has 1 aliphatic rings. The fraction of sp³-hybridized carbons (Fsp3) is 0.389. The number of methoxy groups -OCH3 is 2. The summed E-state index contributed by atoms with van der Waals surface area (Å²) in [6.07, 6.45) is 1.80. The first-order valence-corrected chi connectivity index (χ1v) is 10.8. The summed E-state index contributed by atoms with van der Waals surface area (Å²) in [5.41, 5.74) is 0.439. The summed E-state index contributed by atoms with van der Waals surface area (Å²) in [7, 11) is -0.379. The Labute approximate surface area is 163 Å². The number of sulfonamides is 1. The minimum absolute atomic E-state index is 0.257. The van der Waals surface area contributed by atoms with Crippen molar-refractivity contribution >= 4 is 27.3 Å². The maximum Gasteiger partial charge on any atom is 0.252 e. The second-order valence-electron chi connectivity index (χ2n) is 6.08. The van der Waals surface area contributed by atoms with Gasteiger partial charge in [0.05, 0.1) is 20.8 Å². The molecule has 1 N–H and O–H groups in total. The number of thiophene rings is 1. The minimum Gasteiger partial charge on any atom is -0.493 e. The highest BCUT2D eigenvalue weighted by Crippen LogP contribution is 2.29. The lowest BCUT2D eigenvalue weighted by atomic mass is 10.2. The molecule has 0 spiro atoms. The van der Waals surface area contributed by atoms with E-state index in [1.807, 2.05) is 0 Å². The van der Waals surface area contributed by atoms with Crippen LogP contribution in [0.25, 0.3) is 0 Å². The average molecular weight is 411 g/mol. The smallest absolute Gasteiger partial charge is 0.252 e. The van der Waals surface area contributed by atoms with Gasteiger partial charge in [-0.3, -0.25) is 4.79 Å². The third kappa shape index (κ3) is 4.26. The zero-order chi connectivity index (χ0) is 19.4. The third-order valence-electron chi connectivity index (χ3n) is 4.37. The van der Waals surface area contributed by atoms with E-state index in [0.29, 0.717) is 34.4 Å². The lowest BCUT2D eigenvalue weighted by molar-refractivity contribution is 0.0951. The average Bonchev–Trinajstić information content (AvgIpc) is 3.37. The maximum absolute atomic E-state index is 12.6. The van der Waals surface area contributed by atoms with Crippen LogP contribution in [0, 0.1) is 0 Å². The Morgan fingerprint density at radius 3 is 2.48 bits per heavy atom. The van der Waals surface area contributed by atoms with Gasteiger partial charge in [-0.15, -0.1) is 11.3 Å². The maximum atomic E-state index is 12.6. The highest BCUT2D eigenvalue weighted by atomic mass is 32.2. The number of benzene rings is 1. The fourth-order valence-corrected chi connectivity index (χ4v) is 5.86. The van der Waals surface area contributed by atoms with Crippen LogP contribution in [-0.4, -0.2) is 45.9 Å². The first kappa shape index (κ1) is 19.7. The number of nitrogens with one attached hydrogen (secondary N) is 1. The van der Waals surface area contributed by atoms with Crippen LogP contribution < -0.4 is 14.8 Å². The zero-order valence-electron chi connectivity index (χ0n) is 15.2. The highest BCUT2D eigenvalue weighted by molar-refractivity contribution is 7.91. The van der Waals surface area contributed by atoms with Gasteiger partial charge >= 0.3 is 0 Å². The Morgan fingerprint density at radius 1 is 1.11 bits per heavy atom. The molecule has 0 bridgehead atoms. The summed E-state index contributed by atoms with van der Waals surface area (Å²) in [6, 6.07) is 8.26. The zero-order valence-corrected chi connectivity index (χ0v) is 16.9. The molecule has 0 radical (unpaired) electrons. The Hall–Kier alpha value is -2.10. The van der Waals surface area contributed by atoms with Gasteiger partial charge < -0.3 is 14.8 Å². The van der Waals surface area contributed by atoms with Crippen LogP contribution in [0.5, 0.6) is 11.5 Å². The molecule has 9 heteroatoms. The fourth-order valence-electron chi connectivity index (χ4n) is 2.89. The van der Waals surface area contributed by atoms with Gasteiger partial charge in [0, 0.05) is 23.5 Å². The van der Waals surface area contributed by atoms with Crippen LogP contribution in [0.4, 0.5) is 0 Å². The van der Waals surface area contributed by atoms with E-state index in [4.69, 9.17) is 9.47 Å². The first-order chi connectivity index (χ1) is 13.0. The number of hydrogen-bond donors (Lipinski definition) is 1. The van der Waals surface area contributed by atoms with Gasteiger partial charge in [-0.1, -0.05) is 0 Å². The van der Waals surface area contributed by atoms with Crippen molar-refractivity contribution in [1.29, 1.82) is 0 Å². The van der Waals surface area contributed by atoms with Crippen LogP contribution in [0.3, 0.4) is 0 Å². The summed E-state index contributed by atoms with van der Waals surface area (Å²) < 4.78 is 37.3. The van der Waals surface area contributed by atoms with E-state index in [1.165, 1.54) is 29.9 Å². The molecule has 1 saturated heterocycles. The summed E-state index contributed by atoms with van der Waals surface area (Å²) in [6.45, 7) is 1.41. The highest BCUT2D eigenvalue weighted by Gasteiger charge is 2.28. The van der Waals surface area contributed by atoms with E-state index < -0.39 is 10.0 Å². The molecule has 0 aliphatic carbocycles. The molecule has 0 saturated carbocycles. The summed E-state index contributed by atoms with van der Waals surface area (Å²) in [5, 5.41) is 2.81. The Kier molecular flexibility index (Phi) is 6.03. The molecular formula is C18H22N2O5S2. The van der Waals surface area contributed by atoms with Crippen molar-refractivity contribution in [1.82, 2.24) is 9.62 Å². The number of hydrogen-bond acceptors (Lipinski definition) is 6. The predicted octanol–water partition coefficient (Wildman–Crippen LogP) is 2.48. The van der Waals surface area contributed by atoms with Crippen molar-refractivity contribution in [3.05, 3.63) is 40.8 Å². The van der Waals surface area contributed by atoms with Gasteiger partial charge in [0.1, 0.15) is 4.21 Å². The second kappa shape index (κ2) is 8.28. The molecule has 3 rings (SSSR count). The van der Waals surface area contributed by atoms with Crippen LogP contribution in [0.15, 0.2) is 34.5 Å². The molecular weight excluding hydrogens is 388 g/mol. The van der Waals surface area contributed by atoms with Crippen molar-refractivity contribution in [3.63, 3.8) is 0 Å². The van der Waals surface area contributed by atoms with Gasteiger partial charge in [0.2, 0.25) is 0 Å². The lowest BCUT2D eigenvalue weighted by Gasteiger charge is -2.13. The number of ether oxygens (including phenoxy) is 2. The monoisotopic (exact) mass is 410 g/mol. The Bertz CT molecular complexity index is 918. The SMILES string of the molecule is COc1ccc(C(=O)NCc2ccc(S(=O)(=O)N3CCCC3)s2)cc1OC. The molecule has 7 nitrogen and oxygen atoms in total. The largest absolute Gasteiger partial charge is 0.493 e. The van der Waals surface area contributed by atoms with Gasteiger partial charge in [-0.25, -0.2) is 8.42 Å². The third-order valence-corrected chi connectivity index (χ3v) is 7.82. The van der Waals surface area contributed by atoms with E-state index >= 15 is 0 Å². The number of carbonyl (C=O) groups excluding carboxylic acids is 1. The number of nitrogens with zero attached hydrogens (tertiary/aromatic N) is 1. The molecule has 27 heavy (non-hydrogen) atoms. The van der Waals surface area contributed by atoms with E-state index in [1.54, 1.807) is 30.3 Å². The van der Waals surface area contributed by atoms with Crippen LogP contribution in [0.2, 0.25) is 0 Å². The van der Waals surface area contributed by atoms with Gasteiger partial charge in [0.25, 0.3) is 15.9 Å². The molecule has 0 unspecified atom stereocenters. The Morgan fingerprint density at radius 2 is 1.81 bits per heavy atom. The molecule has 1 fully saturated rings. The summed E-state index contributed by atoms with van der Waals surface area (Å²) >= 11 is 1.19. The molecule has 1 aliphatic heterocycles. The molecule has 1 aromatic carbocycles. The van der Waals surface area contributed by atoms with Crippen molar-refractivity contribution in [2.75, 3.05) is 27.3 Å². The van der Waals surface area contributed by atoms with Gasteiger partial charge in [-0.05, 0) is 43.2 Å². The van der Waals surface area contributed by atoms with Crippen molar-refractivity contribution in [2.45, 2.75) is 23.6 Å². The van der Waals surface area contributed by atoms with Crippen LogP contribution >= 0.6 is 11.3 Å². The number of rotatable bonds is 7. The predicted molar refractivity (Wildman–Crippen MR) is 103 cm³/mol. The van der Waals surface area contributed by atoms with Crippen LogP contribution in [-0.2, 0) is 16.6 Å². The van der Waals surface area contributed by atoms with Crippen molar-refractivity contribution < 1.29 is 22.7 Å². The molecule has 1 amide bonds. The topological polar surface area (TPSA) is 84.9 Å². The molecule has 2 heterocycles. The summed E-state index contributed by atoms with van der Waals surface area (Å²) in [5.74, 6) is 0.748. The minimum atomic E-state index is -3.42. The normalized spacial score (nSPS) is 14.9. The number of carbonyl (C=O) groups is 1. The molecule has 0 atom stereocenters. The number of amides is 1. The standard InChI is InChI=1S/C18H22N2O5S2/c1-24-15-7-5-13(11-16(15)25-2)18(21)19-12-14-6-8-17(26-14)27(22,23)20-9-3-4-10-20/h5-8,11H,3-4,9-10,12H2,1-2H3,(H,19,21). The lowest BCUT2D eigenvalue weighted by Crippen LogP contribution is -2.27.